The van der Waals surface area contributed by atoms with E-state index in [9.17, 15) is 9.90 Å². The second kappa shape index (κ2) is 6.44. The second-order valence-electron chi connectivity index (χ2n) is 4.84. The number of aliphatic carboxylic acids is 1. The summed E-state index contributed by atoms with van der Waals surface area (Å²) in [6.45, 7) is 0. The number of nitrogens with zero attached hydrogens (tertiary/aromatic N) is 1. The molecule has 0 aliphatic rings. The maximum Gasteiger partial charge on any atom is 0.223 e. The number of rotatable bonds is 4. The molecule has 0 saturated carbocycles. The van der Waals surface area contributed by atoms with Crippen molar-refractivity contribution < 1.29 is 14.3 Å². The quantitative estimate of drug-likeness (QED) is 0.720. The zero-order valence-electron chi connectivity index (χ0n) is 11.8. The van der Waals surface area contributed by atoms with Crippen molar-refractivity contribution in [2.45, 2.75) is 6.42 Å². The maximum absolute atomic E-state index is 11.1. The summed E-state index contributed by atoms with van der Waals surface area (Å²) in [7, 11) is 0. The third-order valence-corrected chi connectivity index (χ3v) is 3.88. The summed E-state index contributed by atoms with van der Waals surface area (Å²) in [6.07, 6.45) is 1.19. The molecule has 4 nitrogen and oxygen atoms in total. The third-order valence-electron chi connectivity index (χ3n) is 3.22. The van der Waals surface area contributed by atoms with Gasteiger partial charge in [-0.1, -0.05) is 41.4 Å². The molecule has 0 N–H and O–H groups in total. The summed E-state index contributed by atoms with van der Waals surface area (Å²) in [5, 5.41) is 11.9. The van der Waals surface area contributed by atoms with Crippen LogP contribution in [0.3, 0.4) is 0 Å². The molecule has 1 aromatic heterocycles. The van der Waals surface area contributed by atoms with Gasteiger partial charge in [0, 0.05) is 33.6 Å². The van der Waals surface area contributed by atoms with Crippen LogP contribution in [0.4, 0.5) is 0 Å². The van der Waals surface area contributed by atoms with E-state index in [1.54, 1.807) is 36.4 Å². The molecule has 0 atom stereocenters. The van der Waals surface area contributed by atoms with Gasteiger partial charge in [0.25, 0.3) is 0 Å². The first-order chi connectivity index (χ1) is 11.0. The van der Waals surface area contributed by atoms with Crippen molar-refractivity contribution in [2.75, 3.05) is 0 Å². The molecule has 3 aromatic rings. The Labute approximate surface area is 142 Å². The van der Waals surface area contributed by atoms with Gasteiger partial charge < -0.3 is 14.3 Å². The van der Waals surface area contributed by atoms with Crippen molar-refractivity contribution in [2.24, 2.45) is 0 Å². The van der Waals surface area contributed by atoms with Crippen molar-refractivity contribution in [1.82, 2.24) is 4.98 Å². The van der Waals surface area contributed by atoms with Gasteiger partial charge in [0.05, 0.1) is 0 Å². The standard InChI is InChI=1S/C17H11Cl2NO3/c18-12-4-3-5-13(19)11(12)8-10(9-16(21)22)17-20-14-6-1-2-7-15(14)23-17/h1-8H,9H2,(H,21,22)/p-1/b10-8+. The zero-order chi connectivity index (χ0) is 16.4. The Bertz CT molecular complexity index is 862. The van der Waals surface area contributed by atoms with E-state index in [1.807, 2.05) is 12.1 Å². The van der Waals surface area contributed by atoms with Crippen LogP contribution in [0.5, 0.6) is 0 Å². The van der Waals surface area contributed by atoms with Gasteiger partial charge in [-0.05, 0) is 30.3 Å². The number of para-hydroxylation sites is 2. The molecule has 2 aromatic carbocycles. The van der Waals surface area contributed by atoms with Gasteiger partial charge in [-0.2, -0.15) is 0 Å². The maximum atomic E-state index is 11.1. The predicted octanol–water partition coefficient (Wildman–Crippen LogP) is 3.82. The van der Waals surface area contributed by atoms with Gasteiger partial charge in [-0.3, -0.25) is 0 Å². The first kappa shape index (κ1) is 15.6. The lowest BCUT2D eigenvalue weighted by Crippen LogP contribution is -2.22. The average Bonchev–Trinajstić information content (AvgIpc) is 2.93. The number of oxazole rings is 1. The Morgan fingerprint density at radius 3 is 2.48 bits per heavy atom. The van der Waals surface area contributed by atoms with E-state index in [4.69, 9.17) is 27.6 Å². The molecule has 0 saturated heterocycles. The van der Waals surface area contributed by atoms with Crippen molar-refractivity contribution in [3.05, 3.63) is 64.0 Å². The van der Waals surface area contributed by atoms with Crippen LogP contribution in [0.25, 0.3) is 22.7 Å². The van der Waals surface area contributed by atoms with Crippen LogP contribution < -0.4 is 5.11 Å². The first-order valence-electron chi connectivity index (χ1n) is 6.75. The van der Waals surface area contributed by atoms with Gasteiger partial charge in [0.1, 0.15) is 5.52 Å². The van der Waals surface area contributed by atoms with Gasteiger partial charge in [0.2, 0.25) is 5.89 Å². The number of carbonyl (C=O) groups is 1. The minimum Gasteiger partial charge on any atom is -0.550 e. The molecule has 116 valence electrons. The number of fused-ring (bicyclic) bond motifs is 1. The highest BCUT2D eigenvalue weighted by Gasteiger charge is 2.13. The zero-order valence-corrected chi connectivity index (χ0v) is 13.3. The molecule has 0 aliphatic heterocycles. The van der Waals surface area contributed by atoms with Crippen LogP contribution in [-0.4, -0.2) is 11.0 Å². The number of hydrogen-bond acceptors (Lipinski definition) is 4. The van der Waals surface area contributed by atoms with Gasteiger partial charge in [-0.25, -0.2) is 4.98 Å². The van der Waals surface area contributed by atoms with Crippen molar-refractivity contribution >= 4 is 51.9 Å². The fourth-order valence-corrected chi connectivity index (χ4v) is 2.68. The Morgan fingerprint density at radius 2 is 1.83 bits per heavy atom. The monoisotopic (exact) mass is 346 g/mol. The summed E-state index contributed by atoms with van der Waals surface area (Å²) >= 11 is 12.3. The van der Waals surface area contributed by atoms with E-state index >= 15 is 0 Å². The summed E-state index contributed by atoms with van der Waals surface area (Å²) < 4.78 is 5.63. The van der Waals surface area contributed by atoms with Crippen molar-refractivity contribution in [3.63, 3.8) is 0 Å². The fraction of sp³-hybridized carbons (Fsp3) is 0.0588. The highest BCUT2D eigenvalue weighted by atomic mass is 35.5. The normalized spacial score (nSPS) is 11.8. The molecule has 0 bridgehead atoms. The lowest BCUT2D eigenvalue weighted by molar-refractivity contribution is -0.304. The molecule has 6 heteroatoms. The molecular formula is C17H10Cl2NO3-. The molecule has 0 aliphatic carbocycles. The van der Waals surface area contributed by atoms with Crippen LogP contribution in [-0.2, 0) is 4.79 Å². The van der Waals surface area contributed by atoms with Crippen molar-refractivity contribution in [3.8, 4) is 0 Å². The van der Waals surface area contributed by atoms with Gasteiger partial charge in [-0.15, -0.1) is 0 Å². The van der Waals surface area contributed by atoms with E-state index in [1.165, 1.54) is 0 Å². The largest absolute Gasteiger partial charge is 0.550 e. The molecule has 1 heterocycles. The molecule has 0 unspecified atom stereocenters. The smallest absolute Gasteiger partial charge is 0.223 e. The topological polar surface area (TPSA) is 66.2 Å². The van der Waals surface area contributed by atoms with Crippen molar-refractivity contribution in [1.29, 1.82) is 0 Å². The van der Waals surface area contributed by atoms with E-state index in [-0.39, 0.29) is 12.3 Å². The molecular weight excluding hydrogens is 337 g/mol. The van der Waals surface area contributed by atoms with Crippen LogP contribution in [0.1, 0.15) is 17.9 Å². The minimum atomic E-state index is -1.25. The minimum absolute atomic E-state index is 0.200. The second-order valence-corrected chi connectivity index (χ2v) is 5.65. The lowest BCUT2D eigenvalue weighted by Gasteiger charge is -2.07. The Kier molecular flexibility index (Phi) is 4.37. The highest BCUT2D eigenvalue weighted by molar-refractivity contribution is 6.37. The lowest BCUT2D eigenvalue weighted by atomic mass is 10.1. The SMILES string of the molecule is O=C([O-])C/C(=C\c1c(Cl)cccc1Cl)c1nc2ccccc2o1. The number of halogens is 2. The van der Waals surface area contributed by atoms with E-state index in [0.717, 1.165) is 0 Å². The Balaban J connectivity index is 2.14. The summed E-state index contributed by atoms with van der Waals surface area (Å²) in [4.78, 5) is 15.4. The average molecular weight is 347 g/mol. The highest BCUT2D eigenvalue weighted by Crippen LogP contribution is 2.31. The number of carbonyl (C=O) groups excluding carboxylic acids is 1. The molecule has 0 fully saturated rings. The molecule has 0 radical (unpaired) electrons. The fourth-order valence-electron chi connectivity index (χ4n) is 2.18. The number of aromatic nitrogens is 1. The molecule has 0 spiro atoms. The molecule has 3 rings (SSSR count). The summed E-state index contributed by atoms with van der Waals surface area (Å²) in [6, 6.07) is 12.2. The van der Waals surface area contributed by atoms with Gasteiger partial charge >= 0.3 is 0 Å². The van der Waals surface area contributed by atoms with Crippen LogP contribution >= 0.6 is 23.2 Å². The van der Waals surface area contributed by atoms with Crippen LogP contribution in [0, 0.1) is 0 Å². The molecule has 0 amide bonds. The predicted molar refractivity (Wildman–Crippen MR) is 88.0 cm³/mol. The number of carboxylic acid groups (broad SMARTS) is 1. The number of hydrogen-bond donors (Lipinski definition) is 0. The number of benzene rings is 2. The van der Waals surface area contributed by atoms with Gasteiger partial charge in [0.15, 0.2) is 5.58 Å². The Hall–Kier alpha value is -2.30. The summed E-state index contributed by atoms with van der Waals surface area (Å²) in [5.41, 5.74) is 2.04. The third kappa shape index (κ3) is 3.38. The molecule has 23 heavy (non-hydrogen) atoms. The van der Waals surface area contributed by atoms with E-state index < -0.39 is 5.97 Å². The first-order valence-corrected chi connectivity index (χ1v) is 7.50. The Morgan fingerprint density at radius 1 is 1.13 bits per heavy atom. The van der Waals surface area contributed by atoms with Crippen LogP contribution in [0.2, 0.25) is 10.0 Å². The summed E-state index contributed by atoms with van der Waals surface area (Å²) in [5.74, 6) is -1.05. The van der Waals surface area contributed by atoms with E-state index in [0.29, 0.717) is 32.3 Å². The number of carboxylic acids is 1. The van der Waals surface area contributed by atoms with E-state index in [2.05, 4.69) is 4.98 Å². The van der Waals surface area contributed by atoms with Crippen LogP contribution in [0.15, 0.2) is 46.9 Å².